The summed E-state index contributed by atoms with van der Waals surface area (Å²) in [5, 5.41) is 19.9. The molecule has 6 heteroatoms. The van der Waals surface area contributed by atoms with Crippen LogP contribution in [0.25, 0.3) is 0 Å². The summed E-state index contributed by atoms with van der Waals surface area (Å²) in [5.74, 6) is -0.704. The standard InChI is InChI=1S/C10H11Cl2NO3/c11-5-1-2-7(12)6(3-5)10(16)8(14)4-9(13)15/h1-3,8,10,14,16H,4H2,(H2,13,15). The Balaban J connectivity index is 2.90. The molecular formula is C10H11Cl2NO3. The predicted molar refractivity (Wildman–Crippen MR) is 61.2 cm³/mol. The van der Waals surface area contributed by atoms with E-state index in [9.17, 15) is 15.0 Å². The number of benzene rings is 1. The van der Waals surface area contributed by atoms with Crippen molar-refractivity contribution in [2.75, 3.05) is 0 Å². The Bertz CT molecular complexity index is 398. The molecule has 0 aromatic heterocycles. The predicted octanol–water partition coefficient (Wildman–Crippen LogP) is 1.26. The van der Waals surface area contributed by atoms with E-state index >= 15 is 0 Å². The van der Waals surface area contributed by atoms with Gasteiger partial charge in [0, 0.05) is 15.6 Å². The molecule has 0 bridgehead atoms. The molecule has 0 fully saturated rings. The zero-order chi connectivity index (χ0) is 12.3. The number of carbonyl (C=O) groups is 1. The zero-order valence-corrected chi connectivity index (χ0v) is 9.74. The molecular weight excluding hydrogens is 253 g/mol. The van der Waals surface area contributed by atoms with Crippen molar-refractivity contribution in [1.82, 2.24) is 0 Å². The maximum absolute atomic E-state index is 10.6. The Labute approximate surface area is 103 Å². The van der Waals surface area contributed by atoms with Crippen LogP contribution in [0.5, 0.6) is 0 Å². The number of hydrogen-bond donors (Lipinski definition) is 3. The van der Waals surface area contributed by atoms with E-state index in [1.54, 1.807) is 6.07 Å². The van der Waals surface area contributed by atoms with E-state index in [-0.39, 0.29) is 17.0 Å². The molecule has 16 heavy (non-hydrogen) atoms. The zero-order valence-electron chi connectivity index (χ0n) is 8.23. The van der Waals surface area contributed by atoms with Crippen molar-refractivity contribution in [2.45, 2.75) is 18.6 Å². The average Bonchev–Trinajstić information content (AvgIpc) is 2.19. The molecule has 88 valence electrons. The minimum atomic E-state index is -1.30. The topological polar surface area (TPSA) is 83.6 Å². The van der Waals surface area contributed by atoms with Crippen LogP contribution < -0.4 is 5.73 Å². The second-order valence-electron chi connectivity index (χ2n) is 3.35. The molecule has 0 heterocycles. The molecule has 1 rings (SSSR count). The number of amides is 1. The molecule has 0 saturated carbocycles. The second-order valence-corrected chi connectivity index (χ2v) is 4.19. The van der Waals surface area contributed by atoms with Crippen LogP contribution in [0.1, 0.15) is 18.1 Å². The minimum absolute atomic E-state index is 0.264. The summed E-state index contributed by atoms with van der Waals surface area (Å²) < 4.78 is 0. The molecule has 2 unspecified atom stereocenters. The van der Waals surface area contributed by atoms with Crippen molar-refractivity contribution >= 4 is 29.1 Å². The Morgan fingerprint density at radius 3 is 2.56 bits per heavy atom. The summed E-state index contributed by atoms with van der Waals surface area (Å²) >= 11 is 11.6. The molecule has 1 aromatic rings. The Kier molecular flexibility index (Phi) is 4.56. The third-order valence-electron chi connectivity index (χ3n) is 2.05. The van der Waals surface area contributed by atoms with Gasteiger partial charge in [0.15, 0.2) is 0 Å². The largest absolute Gasteiger partial charge is 0.390 e. The smallest absolute Gasteiger partial charge is 0.220 e. The van der Waals surface area contributed by atoms with E-state index in [0.717, 1.165) is 0 Å². The first-order chi connectivity index (χ1) is 7.41. The second kappa shape index (κ2) is 5.50. The highest BCUT2D eigenvalue weighted by Crippen LogP contribution is 2.28. The van der Waals surface area contributed by atoms with Gasteiger partial charge in [0.2, 0.25) is 5.91 Å². The summed E-state index contributed by atoms with van der Waals surface area (Å²) in [6.45, 7) is 0. The first-order valence-electron chi connectivity index (χ1n) is 4.51. The Morgan fingerprint density at radius 1 is 1.38 bits per heavy atom. The summed E-state index contributed by atoms with van der Waals surface area (Å²) in [7, 11) is 0. The van der Waals surface area contributed by atoms with E-state index in [0.29, 0.717) is 5.02 Å². The molecule has 0 aliphatic rings. The Hall–Kier alpha value is -0.810. The molecule has 4 N–H and O–H groups in total. The van der Waals surface area contributed by atoms with Crippen molar-refractivity contribution in [3.05, 3.63) is 33.8 Å². The monoisotopic (exact) mass is 263 g/mol. The molecule has 1 amide bonds. The van der Waals surface area contributed by atoms with Gasteiger partial charge in [-0.3, -0.25) is 4.79 Å². The maximum Gasteiger partial charge on any atom is 0.220 e. The van der Waals surface area contributed by atoms with Crippen LogP contribution in [0.4, 0.5) is 0 Å². The number of aliphatic hydroxyl groups excluding tert-OH is 2. The quantitative estimate of drug-likeness (QED) is 0.765. The minimum Gasteiger partial charge on any atom is -0.390 e. The van der Waals surface area contributed by atoms with Gasteiger partial charge >= 0.3 is 0 Å². The van der Waals surface area contributed by atoms with E-state index < -0.39 is 18.1 Å². The van der Waals surface area contributed by atoms with Crippen LogP contribution in [0.2, 0.25) is 10.0 Å². The SMILES string of the molecule is NC(=O)CC(O)C(O)c1cc(Cl)ccc1Cl. The van der Waals surface area contributed by atoms with Gasteiger partial charge in [0.25, 0.3) is 0 Å². The molecule has 0 aliphatic heterocycles. The average molecular weight is 264 g/mol. The van der Waals surface area contributed by atoms with Gasteiger partial charge in [-0.25, -0.2) is 0 Å². The van der Waals surface area contributed by atoms with Crippen molar-refractivity contribution < 1.29 is 15.0 Å². The van der Waals surface area contributed by atoms with Gasteiger partial charge in [0.1, 0.15) is 6.10 Å². The van der Waals surface area contributed by atoms with Crippen LogP contribution in [-0.4, -0.2) is 22.2 Å². The third-order valence-corrected chi connectivity index (χ3v) is 2.63. The fraction of sp³-hybridized carbons (Fsp3) is 0.300. The lowest BCUT2D eigenvalue weighted by atomic mass is 10.0. The number of hydrogen-bond acceptors (Lipinski definition) is 3. The van der Waals surface area contributed by atoms with Crippen LogP contribution in [0.3, 0.4) is 0 Å². The van der Waals surface area contributed by atoms with Crippen molar-refractivity contribution in [3.8, 4) is 0 Å². The van der Waals surface area contributed by atoms with E-state index in [4.69, 9.17) is 28.9 Å². The number of nitrogens with two attached hydrogens (primary N) is 1. The fourth-order valence-corrected chi connectivity index (χ4v) is 1.68. The molecule has 0 saturated heterocycles. The van der Waals surface area contributed by atoms with Gasteiger partial charge in [-0.2, -0.15) is 0 Å². The lowest BCUT2D eigenvalue weighted by molar-refractivity contribution is -0.121. The van der Waals surface area contributed by atoms with Crippen molar-refractivity contribution in [2.24, 2.45) is 5.73 Å². The van der Waals surface area contributed by atoms with Crippen LogP contribution in [-0.2, 0) is 4.79 Å². The fourth-order valence-electron chi connectivity index (χ4n) is 1.27. The number of halogens is 2. The van der Waals surface area contributed by atoms with Gasteiger partial charge in [0.05, 0.1) is 12.5 Å². The normalized spacial score (nSPS) is 14.5. The first-order valence-corrected chi connectivity index (χ1v) is 5.26. The van der Waals surface area contributed by atoms with E-state index in [1.807, 2.05) is 0 Å². The molecule has 1 aromatic carbocycles. The molecule has 4 nitrogen and oxygen atoms in total. The number of carbonyl (C=O) groups excluding carboxylic acids is 1. The number of rotatable bonds is 4. The molecule has 0 radical (unpaired) electrons. The van der Waals surface area contributed by atoms with Gasteiger partial charge in [-0.1, -0.05) is 23.2 Å². The number of aliphatic hydroxyl groups is 2. The lowest BCUT2D eigenvalue weighted by Gasteiger charge is -2.18. The summed E-state index contributed by atoms with van der Waals surface area (Å²) in [4.78, 5) is 10.6. The molecule has 2 atom stereocenters. The summed E-state index contributed by atoms with van der Waals surface area (Å²) in [6.07, 6.45) is -2.93. The molecule has 0 aliphatic carbocycles. The van der Waals surface area contributed by atoms with Gasteiger partial charge in [-0.05, 0) is 18.2 Å². The third kappa shape index (κ3) is 3.35. The van der Waals surface area contributed by atoms with Crippen LogP contribution in [0, 0.1) is 0 Å². The maximum atomic E-state index is 10.6. The van der Waals surface area contributed by atoms with Gasteiger partial charge < -0.3 is 15.9 Å². The highest BCUT2D eigenvalue weighted by molar-refractivity contribution is 6.33. The molecule has 0 spiro atoms. The highest BCUT2D eigenvalue weighted by atomic mass is 35.5. The van der Waals surface area contributed by atoms with Crippen molar-refractivity contribution in [1.29, 1.82) is 0 Å². The summed E-state index contributed by atoms with van der Waals surface area (Å²) in [5.41, 5.74) is 5.17. The highest BCUT2D eigenvalue weighted by Gasteiger charge is 2.22. The lowest BCUT2D eigenvalue weighted by Crippen LogP contribution is -2.25. The van der Waals surface area contributed by atoms with E-state index in [2.05, 4.69) is 0 Å². The van der Waals surface area contributed by atoms with E-state index in [1.165, 1.54) is 12.1 Å². The summed E-state index contributed by atoms with van der Waals surface area (Å²) in [6, 6.07) is 4.48. The Morgan fingerprint density at radius 2 is 2.00 bits per heavy atom. The van der Waals surface area contributed by atoms with Crippen LogP contribution in [0.15, 0.2) is 18.2 Å². The van der Waals surface area contributed by atoms with Crippen molar-refractivity contribution in [3.63, 3.8) is 0 Å². The first kappa shape index (κ1) is 13.3. The van der Waals surface area contributed by atoms with Gasteiger partial charge in [-0.15, -0.1) is 0 Å². The van der Waals surface area contributed by atoms with Crippen LogP contribution >= 0.6 is 23.2 Å². The number of primary amides is 1.